The van der Waals surface area contributed by atoms with Crippen molar-refractivity contribution in [1.82, 2.24) is 10.6 Å². The van der Waals surface area contributed by atoms with E-state index in [2.05, 4.69) is 51.6 Å². The Bertz CT molecular complexity index is 717. The van der Waals surface area contributed by atoms with Crippen molar-refractivity contribution in [2.24, 2.45) is 4.99 Å². The normalized spacial score (nSPS) is 12.0. The maximum absolute atomic E-state index is 11.6. The molecule has 0 bridgehead atoms. The third kappa shape index (κ3) is 8.60. The van der Waals surface area contributed by atoms with Crippen LogP contribution in [0.15, 0.2) is 46.1 Å². The zero-order chi connectivity index (χ0) is 19.5. The molecule has 0 saturated carbocycles. The lowest BCUT2D eigenvalue weighted by molar-refractivity contribution is -0.116. The Morgan fingerprint density at radius 3 is 2.50 bits per heavy atom. The number of hydrogen-bond donors (Lipinski definition) is 3. The fraction of sp³-hybridized carbons (Fsp3) is 0.429. The fourth-order valence-electron chi connectivity index (χ4n) is 2.58. The molecule has 154 valence electrons. The Balaban J connectivity index is 0.00000392. The van der Waals surface area contributed by atoms with Crippen LogP contribution < -0.4 is 16.0 Å². The Kier molecular flexibility index (Phi) is 11.8. The predicted molar refractivity (Wildman–Crippen MR) is 131 cm³/mol. The lowest BCUT2D eigenvalue weighted by atomic mass is 10.1. The first-order valence-corrected chi connectivity index (χ1v) is 10.5. The number of nitrogens with one attached hydrogen (secondary N) is 3. The highest BCUT2D eigenvalue weighted by Gasteiger charge is 2.07. The Labute approximate surface area is 189 Å². The highest BCUT2D eigenvalue weighted by atomic mass is 127. The van der Waals surface area contributed by atoms with E-state index < -0.39 is 0 Å². The molecule has 1 amide bonds. The number of nitrogens with zero attached hydrogens (tertiary/aromatic N) is 1. The Morgan fingerprint density at radius 2 is 1.89 bits per heavy atom. The van der Waals surface area contributed by atoms with Crippen molar-refractivity contribution in [2.75, 3.05) is 18.4 Å². The summed E-state index contributed by atoms with van der Waals surface area (Å²) in [6, 6.07) is 10.0. The van der Waals surface area contributed by atoms with Gasteiger partial charge in [-0.3, -0.25) is 4.79 Å². The van der Waals surface area contributed by atoms with Gasteiger partial charge in [-0.05, 0) is 59.3 Å². The first kappa shape index (κ1) is 24.4. The maximum Gasteiger partial charge on any atom is 0.224 e. The van der Waals surface area contributed by atoms with Gasteiger partial charge in [-0.15, -0.1) is 24.0 Å². The molecule has 0 aliphatic heterocycles. The van der Waals surface area contributed by atoms with Crippen LogP contribution in [0.2, 0.25) is 0 Å². The lowest BCUT2D eigenvalue weighted by Gasteiger charge is -2.15. The second kappa shape index (κ2) is 13.5. The van der Waals surface area contributed by atoms with Gasteiger partial charge in [0.05, 0.1) is 6.54 Å². The molecule has 2 aromatic rings. The number of carbonyl (C=O) groups excluding carboxylic acids is 1. The van der Waals surface area contributed by atoms with Crippen molar-refractivity contribution in [1.29, 1.82) is 0 Å². The van der Waals surface area contributed by atoms with Gasteiger partial charge in [0, 0.05) is 25.2 Å². The van der Waals surface area contributed by atoms with Gasteiger partial charge in [0.1, 0.15) is 0 Å². The third-order valence-corrected chi connectivity index (χ3v) is 4.87. The van der Waals surface area contributed by atoms with E-state index in [1.807, 2.05) is 31.2 Å². The van der Waals surface area contributed by atoms with Gasteiger partial charge in [0.2, 0.25) is 5.91 Å². The van der Waals surface area contributed by atoms with E-state index in [-0.39, 0.29) is 29.9 Å². The SMILES string of the molecule is CCCC(=O)Nc1ccc(CN=C(NCC)NCC(C)c2ccsc2)cc1.I. The molecule has 1 atom stereocenters. The van der Waals surface area contributed by atoms with E-state index in [0.717, 1.165) is 36.7 Å². The molecule has 1 aromatic heterocycles. The van der Waals surface area contributed by atoms with Gasteiger partial charge in [0.15, 0.2) is 5.96 Å². The highest BCUT2D eigenvalue weighted by Crippen LogP contribution is 2.17. The molecule has 5 nitrogen and oxygen atoms in total. The lowest BCUT2D eigenvalue weighted by Crippen LogP contribution is -2.39. The van der Waals surface area contributed by atoms with Crippen molar-refractivity contribution in [3.63, 3.8) is 0 Å². The summed E-state index contributed by atoms with van der Waals surface area (Å²) >= 11 is 1.73. The van der Waals surface area contributed by atoms with E-state index in [9.17, 15) is 4.79 Å². The quantitative estimate of drug-likeness (QED) is 0.252. The third-order valence-electron chi connectivity index (χ3n) is 4.17. The van der Waals surface area contributed by atoms with Crippen molar-refractivity contribution in [3.8, 4) is 0 Å². The van der Waals surface area contributed by atoms with Crippen molar-refractivity contribution in [3.05, 3.63) is 52.2 Å². The smallest absolute Gasteiger partial charge is 0.224 e. The standard InChI is InChI=1S/C21H30N4OS.HI/c1-4-6-20(26)25-19-9-7-17(8-10-19)14-24-21(22-5-2)23-13-16(3)18-11-12-27-15-18;/h7-12,15-16H,4-6,13-14H2,1-3H3,(H,25,26)(H2,22,23,24);1H. The molecule has 1 aromatic carbocycles. The van der Waals surface area contributed by atoms with Gasteiger partial charge >= 0.3 is 0 Å². The zero-order valence-corrected chi connectivity index (χ0v) is 20.0. The summed E-state index contributed by atoms with van der Waals surface area (Å²) in [4.78, 5) is 16.3. The number of thiophene rings is 1. The molecule has 28 heavy (non-hydrogen) atoms. The van der Waals surface area contributed by atoms with Crippen LogP contribution in [0.1, 0.15) is 50.7 Å². The van der Waals surface area contributed by atoms with E-state index in [1.165, 1.54) is 5.56 Å². The van der Waals surface area contributed by atoms with Crippen LogP contribution in [0.4, 0.5) is 5.69 Å². The van der Waals surface area contributed by atoms with Crippen LogP contribution in [-0.2, 0) is 11.3 Å². The van der Waals surface area contributed by atoms with Crippen molar-refractivity contribution in [2.45, 2.75) is 46.1 Å². The van der Waals surface area contributed by atoms with Crippen molar-refractivity contribution >= 4 is 52.9 Å². The summed E-state index contributed by atoms with van der Waals surface area (Å²) in [6.07, 6.45) is 1.40. The Hall–Kier alpha value is -1.61. The Morgan fingerprint density at radius 1 is 1.14 bits per heavy atom. The molecular weight excluding hydrogens is 483 g/mol. The molecule has 0 spiro atoms. The number of hydrogen-bond acceptors (Lipinski definition) is 3. The molecule has 0 aliphatic carbocycles. The number of carbonyl (C=O) groups is 1. The summed E-state index contributed by atoms with van der Waals surface area (Å²) < 4.78 is 0. The summed E-state index contributed by atoms with van der Waals surface area (Å²) in [5, 5.41) is 13.9. The number of guanidine groups is 1. The molecule has 0 aliphatic rings. The highest BCUT2D eigenvalue weighted by molar-refractivity contribution is 14.0. The molecule has 7 heteroatoms. The number of anilines is 1. The van der Waals surface area contributed by atoms with E-state index in [4.69, 9.17) is 0 Å². The first-order chi connectivity index (χ1) is 13.1. The van der Waals surface area contributed by atoms with Gasteiger partial charge in [-0.1, -0.05) is 26.0 Å². The maximum atomic E-state index is 11.6. The fourth-order valence-corrected chi connectivity index (χ4v) is 3.36. The molecule has 0 fully saturated rings. The van der Waals surface area contributed by atoms with Crippen molar-refractivity contribution < 1.29 is 4.79 Å². The second-order valence-corrected chi connectivity index (χ2v) is 7.31. The molecular formula is C21H31IN4OS. The number of benzene rings is 1. The molecule has 0 saturated heterocycles. The summed E-state index contributed by atoms with van der Waals surface area (Å²) in [5.41, 5.74) is 3.28. The van der Waals surface area contributed by atoms with Gasteiger partial charge in [0.25, 0.3) is 0 Å². The molecule has 1 unspecified atom stereocenters. The zero-order valence-electron chi connectivity index (χ0n) is 16.8. The number of amides is 1. The van der Waals surface area contributed by atoms with Crippen LogP contribution in [0.25, 0.3) is 0 Å². The summed E-state index contributed by atoms with van der Waals surface area (Å²) in [5.74, 6) is 1.31. The number of aliphatic imine (C=N–C) groups is 1. The topological polar surface area (TPSA) is 65.5 Å². The predicted octanol–water partition coefficient (Wildman–Crippen LogP) is 4.96. The monoisotopic (exact) mass is 514 g/mol. The number of halogens is 1. The molecule has 1 heterocycles. The summed E-state index contributed by atoms with van der Waals surface area (Å²) in [7, 11) is 0. The first-order valence-electron chi connectivity index (χ1n) is 9.55. The average Bonchev–Trinajstić information content (AvgIpc) is 3.20. The summed E-state index contributed by atoms with van der Waals surface area (Å²) in [6.45, 7) is 8.52. The van der Waals surface area contributed by atoms with E-state index in [0.29, 0.717) is 18.9 Å². The van der Waals surface area contributed by atoms with Crippen LogP contribution >= 0.6 is 35.3 Å². The van der Waals surface area contributed by atoms with E-state index >= 15 is 0 Å². The second-order valence-electron chi connectivity index (χ2n) is 6.53. The average molecular weight is 514 g/mol. The van der Waals surface area contributed by atoms with Gasteiger partial charge in [-0.2, -0.15) is 11.3 Å². The van der Waals surface area contributed by atoms with E-state index in [1.54, 1.807) is 11.3 Å². The van der Waals surface area contributed by atoms with Gasteiger partial charge in [-0.25, -0.2) is 4.99 Å². The largest absolute Gasteiger partial charge is 0.357 e. The van der Waals surface area contributed by atoms with Crippen LogP contribution in [0.5, 0.6) is 0 Å². The molecule has 0 radical (unpaired) electrons. The minimum absolute atomic E-state index is 0. The van der Waals surface area contributed by atoms with Crippen LogP contribution in [-0.4, -0.2) is 25.0 Å². The molecule has 2 rings (SSSR count). The minimum Gasteiger partial charge on any atom is -0.357 e. The van der Waals surface area contributed by atoms with Crippen LogP contribution in [0, 0.1) is 0 Å². The van der Waals surface area contributed by atoms with Crippen LogP contribution in [0.3, 0.4) is 0 Å². The molecule has 3 N–H and O–H groups in total. The number of rotatable bonds is 9. The minimum atomic E-state index is 0. The van der Waals surface area contributed by atoms with Gasteiger partial charge < -0.3 is 16.0 Å².